The highest BCUT2D eigenvalue weighted by Gasteiger charge is 2.51. The van der Waals surface area contributed by atoms with Gasteiger partial charge in [-0.2, -0.15) is 0 Å². The summed E-state index contributed by atoms with van der Waals surface area (Å²) in [6.45, 7) is 1.77. The quantitative estimate of drug-likeness (QED) is 0.784. The Hall–Kier alpha value is -1.38. The number of carbonyl (C=O) groups is 1. The molecule has 1 aliphatic rings. The molecule has 0 spiro atoms. The smallest absolute Gasteiger partial charge is 0.314 e. The number of halogens is 1. The third kappa shape index (κ3) is 1.29. The SMILES string of the molecule is Cc1cc(F)cc(C2(C(=O)O)CC2)c1. The first-order chi connectivity index (χ1) is 6.54. The van der Waals surface area contributed by atoms with E-state index in [9.17, 15) is 9.18 Å². The molecule has 0 amide bonds. The highest BCUT2D eigenvalue weighted by Crippen LogP contribution is 2.48. The fourth-order valence-corrected chi connectivity index (χ4v) is 1.76. The largest absolute Gasteiger partial charge is 0.481 e. The number of hydrogen-bond donors (Lipinski definition) is 1. The topological polar surface area (TPSA) is 37.3 Å². The van der Waals surface area contributed by atoms with E-state index in [1.807, 2.05) is 0 Å². The zero-order chi connectivity index (χ0) is 10.3. The van der Waals surface area contributed by atoms with Crippen LogP contribution in [0.2, 0.25) is 0 Å². The molecule has 1 fully saturated rings. The predicted molar refractivity (Wildman–Crippen MR) is 49.7 cm³/mol. The zero-order valence-electron chi connectivity index (χ0n) is 7.88. The lowest BCUT2D eigenvalue weighted by Crippen LogP contribution is -2.19. The van der Waals surface area contributed by atoms with E-state index in [0.29, 0.717) is 18.4 Å². The Kier molecular flexibility index (Phi) is 1.84. The van der Waals surface area contributed by atoms with Gasteiger partial charge in [0.15, 0.2) is 0 Å². The van der Waals surface area contributed by atoms with Crippen molar-refractivity contribution in [3.8, 4) is 0 Å². The number of aryl methyl sites for hydroxylation is 1. The molecule has 1 aromatic carbocycles. The Morgan fingerprint density at radius 2 is 2.07 bits per heavy atom. The molecular weight excluding hydrogens is 183 g/mol. The van der Waals surface area contributed by atoms with Crippen LogP contribution in [0.15, 0.2) is 18.2 Å². The first-order valence-electron chi connectivity index (χ1n) is 4.56. The van der Waals surface area contributed by atoms with Gasteiger partial charge in [-0.25, -0.2) is 4.39 Å². The van der Waals surface area contributed by atoms with E-state index in [-0.39, 0.29) is 5.82 Å². The summed E-state index contributed by atoms with van der Waals surface area (Å²) in [6.07, 6.45) is 1.23. The molecule has 0 atom stereocenters. The monoisotopic (exact) mass is 194 g/mol. The molecule has 1 N–H and O–H groups in total. The number of rotatable bonds is 2. The summed E-state index contributed by atoms with van der Waals surface area (Å²) >= 11 is 0. The van der Waals surface area contributed by atoms with Crippen LogP contribution in [-0.2, 0) is 10.2 Å². The van der Waals surface area contributed by atoms with Crippen LogP contribution in [0.3, 0.4) is 0 Å². The zero-order valence-corrected chi connectivity index (χ0v) is 7.88. The lowest BCUT2D eigenvalue weighted by molar-refractivity contribution is -0.140. The van der Waals surface area contributed by atoms with Gasteiger partial charge in [0.2, 0.25) is 0 Å². The minimum Gasteiger partial charge on any atom is -0.481 e. The van der Waals surface area contributed by atoms with Crippen molar-refractivity contribution in [1.82, 2.24) is 0 Å². The average molecular weight is 194 g/mol. The van der Waals surface area contributed by atoms with Crippen LogP contribution in [0.1, 0.15) is 24.0 Å². The first kappa shape index (κ1) is 9.19. The number of benzene rings is 1. The molecule has 0 aromatic heterocycles. The Morgan fingerprint density at radius 3 is 2.50 bits per heavy atom. The maximum absolute atomic E-state index is 13.1. The van der Waals surface area contributed by atoms with Gasteiger partial charge in [-0.05, 0) is 43.0 Å². The van der Waals surface area contributed by atoms with E-state index < -0.39 is 11.4 Å². The van der Waals surface area contributed by atoms with E-state index in [4.69, 9.17) is 5.11 Å². The summed E-state index contributed by atoms with van der Waals surface area (Å²) in [5.41, 5.74) is 0.572. The van der Waals surface area contributed by atoms with Crippen molar-refractivity contribution >= 4 is 5.97 Å². The fourth-order valence-electron chi connectivity index (χ4n) is 1.76. The summed E-state index contributed by atoms with van der Waals surface area (Å²) in [7, 11) is 0. The van der Waals surface area contributed by atoms with E-state index >= 15 is 0 Å². The molecule has 0 saturated heterocycles. The van der Waals surface area contributed by atoms with E-state index in [1.165, 1.54) is 12.1 Å². The molecule has 0 radical (unpaired) electrons. The third-order valence-corrected chi connectivity index (χ3v) is 2.75. The van der Waals surface area contributed by atoms with Gasteiger partial charge in [-0.3, -0.25) is 4.79 Å². The van der Waals surface area contributed by atoms with Crippen molar-refractivity contribution in [2.75, 3.05) is 0 Å². The summed E-state index contributed by atoms with van der Waals surface area (Å²) in [5, 5.41) is 9.02. The number of carboxylic acids is 1. The second-order valence-corrected chi connectivity index (χ2v) is 3.90. The Balaban J connectivity index is 2.47. The summed E-state index contributed by atoms with van der Waals surface area (Å²) in [6, 6.07) is 4.49. The normalized spacial score (nSPS) is 17.9. The fraction of sp³-hybridized carbons (Fsp3) is 0.364. The predicted octanol–water partition coefficient (Wildman–Crippen LogP) is 2.25. The van der Waals surface area contributed by atoms with Crippen molar-refractivity contribution < 1.29 is 14.3 Å². The minimum absolute atomic E-state index is 0.354. The molecule has 0 aliphatic heterocycles. The van der Waals surface area contributed by atoms with Crippen LogP contribution in [0.5, 0.6) is 0 Å². The lowest BCUT2D eigenvalue weighted by atomic mass is 9.94. The van der Waals surface area contributed by atoms with Gasteiger partial charge in [0.25, 0.3) is 0 Å². The highest BCUT2D eigenvalue weighted by molar-refractivity contribution is 5.84. The maximum Gasteiger partial charge on any atom is 0.314 e. The second-order valence-electron chi connectivity index (χ2n) is 3.90. The van der Waals surface area contributed by atoms with Crippen LogP contribution in [0, 0.1) is 12.7 Å². The summed E-state index contributed by atoms with van der Waals surface area (Å²) in [4.78, 5) is 11.0. The molecular formula is C11H11FO2. The van der Waals surface area contributed by atoms with Crippen molar-refractivity contribution in [1.29, 1.82) is 0 Å². The number of hydrogen-bond acceptors (Lipinski definition) is 1. The molecule has 0 heterocycles. The second kappa shape index (κ2) is 2.80. The van der Waals surface area contributed by atoms with E-state index in [0.717, 1.165) is 5.56 Å². The molecule has 0 bridgehead atoms. The molecule has 14 heavy (non-hydrogen) atoms. The van der Waals surface area contributed by atoms with Gasteiger partial charge in [0.05, 0.1) is 5.41 Å². The van der Waals surface area contributed by atoms with Crippen molar-refractivity contribution in [3.63, 3.8) is 0 Å². The van der Waals surface area contributed by atoms with Gasteiger partial charge >= 0.3 is 5.97 Å². The van der Waals surface area contributed by atoms with Gasteiger partial charge in [0.1, 0.15) is 5.82 Å². The van der Waals surface area contributed by atoms with Crippen LogP contribution in [-0.4, -0.2) is 11.1 Å². The molecule has 2 rings (SSSR count). The molecule has 74 valence electrons. The van der Waals surface area contributed by atoms with Crippen molar-refractivity contribution in [2.45, 2.75) is 25.2 Å². The van der Waals surface area contributed by atoms with E-state index in [1.54, 1.807) is 13.0 Å². The lowest BCUT2D eigenvalue weighted by Gasteiger charge is -2.10. The van der Waals surface area contributed by atoms with Crippen molar-refractivity contribution in [3.05, 3.63) is 35.1 Å². The molecule has 2 nitrogen and oxygen atoms in total. The first-order valence-corrected chi connectivity index (χ1v) is 4.56. The van der Waals surface area contributed by atoms with Gasteiger partial charge in [-0.1, -0.05) is 6.07 Å². The van der Waals surface area contributed by atoms with Crippen molar-refractivity contribution in [2.24, 2.45) is 0 Å². The summed E-state index contributed by atoms with van der Waals surface area (Å²) in [5.74, 6) is -1.20. The minimum atomic E-state index is -0.845. The van der Waals surface area contributed by atoms with Crippen LogP contribution in [0.25, 0.3) is 0 Å². The molecule has 3 heteroatoms. The van der Waals surface area contributed by atoms with Gasteiger partial charge < -0.3 is 5.11 Å². The average Bonchev–Trinajstić information content (AvgIpc) is 2.81. The molecule has 1 aliphatic carbocycles. The molecule has 1 saturated carbocycles. The Labute approximate surface area is 81.4 Å². The van der Waals surface area contributed by atoms with Gasteiger partial charge in [-0.15, -0.1) is 0 Å². The highest BCUT2D eigenvalue weighted by atomic mass is 19.1. The summed E-state index contributed by atoms with van der Waals surface area (Å²) < 4.78 is 13.1. The van der Waals surface area contributed by atoms with Crippen LogP contribution in [0.4, 0.5) is 4.39 Å². The van der Waals surface area contributed by atoms with Gasteiger partial charge in [0, 0.05) is 0 Å². The van der Waals surface area contributed by atoms with Crippen LogP contribution >= 0.6 is 0 Å². The molecule has 0 unspecified atom stereocenters. The maximum atomic E-state index is 13.1. The standard InChI is InChI=1S/C11H11FO2/c1-7-4-8(6-9(12)5-7)11(2-3-11)10(13)14/h4-6H,2-3H2,1H3,(H,13,14). The van der Waals surface area contributed by atoms with E-state index in [2.05, 4.69) is 0 Å². The Bertz CT molecular complexity index is 374. The number of aliphatic carboxylic acids is 1. The van der Waals surface area contributed by atoms with Crippen LogP contribution < -0.4 is 0 Å². The molecule has 1 aromatic rings. The number of carboxylic acid groups (broad SMARTS) is 1. The third-order valence-electron chi connectivity index (χ3n) is 2.75. The Morgan fingerprint density at radius 1 is 1.43 bits per heavy atom.